The molecule has 0 heterocycles. The Balaban J connectivity index is 3.29. The van der Waals surface area contributed by atoms with Gasteiger partial charge >= 0.3 is 0 Å². The lowest BCUT2D eigenvalue weighted by molar-refractivity contribution is 0.318. The van der Waals surface area contributed by atoms with Crippen LogP contribution < -0.4 is 10.6 Å². The third-order valence-electron chi connectivity index (χ3n) is 3.03. The first-order valence-electron chi connectivity index (χ1n) is 6.72. The number of aryl methyl sites for hydroxylation is 1. The second kappa shape index (κ2) is 6.45. The predicted molar refractivity (Wildman–Crippen MR) is 81.0 cm³/mol. The molecule has 3 N–H and O–H groups in total. The van der Waals surface area contributed by atoms with Crippen LogP contribution >= 0.6 is 0 Å². The fraction of sp³-hybridized carbons (Fsp3) is 0.533. The molecule has 0 bridgehead atoms. The van der Waals surface area contributed by atoms with Gasteiger partial charge in [0.15, 0.2) is 5.84 Å². The molecule has 19 heavy (non-hydrogen) atoms. The van der Waals surface area contributed by atoms with Crippen LogP contribution in [0.2, 0.25) is 0 Å². The smallest absolute Gasteiger partial charge is 0.172 e. The van der Waals surface area contributed by atoms with Gasteiger partial charge in [-0.15, -0.1) is 0 Å². The standard InChI is InChI=1S/C15H25N3O/c1-10(2)9-18(11(3)4)14-7-6-12(5)8-13(14)15(16)17-19/h6-8,10-11,19H,9H2,1-5H3,(H2,16,17). The second-order valence-corrected chi connectivity index (χ2v) is 5.65. The van der Waals surface area contributed by atoms with Crippen molar-refractivity contribution in [1.82, 2.24) is 0 Å². The summed E-state index contributed by atoms with van der Waals surface area (Å²) in [5.41, 5.74) is 8.71. The van der Waals surface area contributed by atoms with E-state index in [9.17, 15) is 0 Å². The number of amidine groups is 1. The van der Waals surface area contributed by atoms with Crippen molar-refractivity contribution < 1.29 is 5.21 Å². The summed E-state index contributed by atoms with van der Waals surface area (Å²) in [7, 11) is 0. The molecule has 0 atom stereocenters. The topological polar surface area (TPSA) is 61.8 Å². The molecule has 1 aromatic carbocycles. The molecule has 0 aliphatic heterocycles. The lowest BCUT2D eigenvalue weighted by Gasteiger charge is -2.32. The Kier molecular flexibility index (Phi) is 5.21. The maximum Gasteiger partial charge on any atom is 0.172 e. The lowest BCUT2D eigenvalue weighted by atomic mass is 10.0. The Morgan fingerprint density at radius 3 is 2.42 bits per heavy atom. The van der Waals surface area contributed by atoms with E-state index in [1.807, 2.05) is 19.1 Å². The maximum atomic E-state index is 8.95. The van der Waals surface area contributed by atoms with Gasteiger partial charge in [0.05, 0.1) is 0 Å². The van der Waals surface area contributed by atoms with E-state index in [2.05, 4.69) is 43.8 Å². The molecule has 4 heteroatoms. The highest BCUT2D eigenvalue weighted by Crippen LogP contribution is 2.25. The molecule has 0 saturated carbocycles. The van der Waals surface area contributed by atoms with Crippen LogP contribution in [0.3, 0.4) is 0 Å². The van der Waals surface area contributed by atoms with Gasteiger partial charge in [-0.25, -0.2) is 0 Å². The molecule has 0 saturated heterocycles. The van der Waals surface area contributed by atoms with Crippen molar-refractivity contribution in [3.05, 3.63) is 29.3 Å². The van der Waals surface area contributed by atoms with Crippen LogP contribution in [-0.4, -0.2) is 23.6 Å². The van der Waals surface area contributed by atoms with Crippen molar-refractivity contribution in [2.75, 3.05) is 11.4 Å². The van der Waals surface area contributed by atoms with Gasteiger partial charge in [0.1, 0.15) is 0 Å². The third kappa shape index (κ3) is 3.88. The summed E-state index contributed by atoms with van der Waals surface area (Å²) in [5.74, 6) is 0.706. The highest BCUT2D eigenvalue weighted by atomic mass is 16.4. The van der Waals surface area contributed by atoms with E-state index in [-0.39, 0.29) is 5.84 Å². The molecule has 0 aromatic heterocycles. The lowest BCUT2D eigenvalue weighted by Crippen LogP contribution is -2.36. The highest BCUT2D eigenvalue weighted by Gasteiger charge is 2.17. The Bertz CT molecular complexity index is 453. The summed E-state index contributed by atoms with van der Waals surface area (Å²) in [4.78, 5) is 2.29. The SMILES string of the molecule is Cc1ccc(N(CC(C)C)C(C)C)c(/C(N)=N/O)c1. The number of hydrogen-bond donors (Lipinski definition) is 2. The molecule has 0 radical (unpaired) electrons. The number of nitrogens with two attached hydrogens (primary N) is 1. The van der Waals surface area contributed by atoms with Gasteiger partial charge in [0.2, 0.25) is 0 Å². The Morgan fingerprint density at radius 2 is 1.95 bits per heavy atom. The minimum absolute atomic E-state index is 0.160. The number of anilines is 1. The van der Waals surface area contributed by atoms with Crippen LogP contribution in [0.15, 0.2) is 23.4 Å². The van der Waals surface area contributed by atoms with Crippen LogP contribution in [0.5, 0.6) is 0 Å². The predicted octanol–water partition coefficient (Wildman–Crippen LogP) is 2.96. The van der Waals surface area contributed by atoms with Crippen molar-refractivity contribution in [3.63, 3.8) is 0 Å². The third-order valence-corrected chi connectivity index (χ3v) is 3.03. The van der Waals surface area contributed by atoms with E-state index in [0.717, 1.165) is 23.4 Å². The van der Waals surface area contributed by atoms with Crippen molar-refractivity contribution in [2.45, 2.75) is 40.7 Å². The first kappa shape index (κ1) is 15.3. The molecule has 0 aliphatic rings. The zero-order valence-corrected chi connectivity index (χ0v) is 12.5. The summed E-state index contributed by atoms with van der Waals surface area (Å²) in [6.07, 6.45) is 0. The molecule has 1 aromatic rings. The molecule has 0 spiro atoms. The molecule has 1 rings (SSSR count). The first-order chi connectivity index (χ1) is 8.86. The van der Waals surface area contributed by atoms with E-state index in [4.69, 9.17) is 10.9 Å². The number of benzene rings is 1. The van der Waals surface area contributed by atoms with E-state index in [1.165, 1.54) is 0 Å². The fourth-order valence-electron chi connectivity index (χ4n) is 2.14. The number of hydrogen-bond acceptors (Lipinski definition) is 3. The summed E-state index contributed by atoms with van der Waals surface area (Å²) in [5, 5.41) is 12.1. The fourth-order valence-corrected chi connectivity index (χ4v) is 2.14. The first-order valence-corrected chi connectivity index (χ1v) is 6.72. The Labute approximate surface area is 115 Å². The van der Waals surface area contributed by atoms with E-state index in [1.54, 1.807) is 0 Å². The van der Waals surface area contributed by atoms with E-state index >= 15 is 0 Å². The average molecular weight is 263 g/mol. The van der Waals surface area contributed by atoms with Gasteiger partial charge in [-0.2, -0.15) is 0 Å². The van der Waals surface area contributed by atoms with Gasteiger partial charge in [-0.3, -0.25) is 0 Å². The summed E-state index contributed by atoms with van der Waals surface area (Å²) < 4.78 is 0. The summed E-state index contributed by atoms with van der Waals surface area (Å²) in [6.45, 7) is 11.6. The highest BCUT2D eigenvalue weighted by molar-refractivity contribution is 6.02. The van der Waals surface area contributed by atoms with E-state index in [0.29, 0.717) is 12.0 Å². The van der Waals surface area contributed by atoms with Crippen molar-refractivity contribution in [3.8, 4) is 0 Å². The average Bonchev–Trinajstić information content (AvgIpc) is 2.34. The minimum atomic E-state index is 0.160. The van der Waals surface area contributed by atoms with Gasteiger partial charge < -0.3 is 15.8 Å². The number of oxime groups is 1. The minimum Gasteiger partial charge on any atom is -0.409 e. The molecule has 0 fully saturated rings. The molecule has 106 valence electrons. The molecular weight excluding hydrogens is 238 g/mol. The maximum absolute atomic E-state index is 8.95. The molecule has 0 unspecified atom stereocenters. The quantitative estimate of drug-likeness (QED) is 0.371. The molecule has 4 nitrogen and oxygen atoms in total. The number of rotatable bonds is 5. The van der Waals surface area contributed by atoms with E-state index < -0.39 is 0 Å². The Hall–Kier alpha value is -1.71. The van der Waals surface area contributed by atoms with Crippen molar-refractivity contribution in [1.29, 1.82) is 0 Å². The van der Waals surface area contributed by atoms with Crippen LogP contribution in [0, 0.1) is 12.8 Å². The number of nitrogens with zero attached hydrogens (tertiary/aromatic N) is 2. The largest absolute Gasteiger partial charge is 0.409 e. The van der Waals surface area contributed by atoms with Crippen LogP contribution in [-0.2, 0) is 0 Å². The monoisotopic (exact) mass is 263 g/mol. The normalized spacial score (nSPS) is 12.3. The van der Waals surface area contributed by atoms with Gasteiger partial charge in [-0.05, 0) is 38.8 Å². The zero-order valence-electron chi connectivity index (χ0n) is 12.5. The van der Waals surface area contributed by atoms with Crippen molar-refractivity contribution in [2.24, 2.45) is 16.8 Å². The van der Waals surface area contributed by atoms with Crippen molar-refractivity contribution >= 4 is 11.5 Å². The van der Waals surface area contributed by atoms with Crippen LogP contribution in [0.25, 0.3) is 0 Å². The Morgan fingerprint density at radius 1 is 1.32 bits per heavy atom. The van der Waals surface area contributed by atoms with Gasteiger partial charge in [-0.1, -0.05) is 30.6 Å². The van der Waals surface area contributed by atoms with Crippen LogP contribution in [0.4, 0.5) is 5.69 Å². The molecule has 0 amide bonds. The molecular formula is C15H25N3O. The van der Waals surface area contributed by atoms with Gasteiger partial charge in [0.25, 0.3) is 0 Å². The van der Waals surface area contributed by atoms with Gasteiger partial charge in [0, 0.05) is 23.8 Å². The summed E-state index contributed by atoms with van der Waals surface area (Å²) >= 11 is 0. The second-order valence-electron chi connectivity index (χ2n) is 5.65. The summed E-state index contributed by atoms with van der Waals surface area (Å²) in [6, 6.07) is 6.42. The molecule has 0 aliphatic carbocycles. The van der Waals surface area contributed by atoms with Crippen LogP contribution in [0.1, 0.15) is 38.8 Å². The zero-order chi connectivity index (χ0) is 14.6.